The highest BCUT2D eigenvalue weighted by atomic mass is 16.1. The monoisotopic (exact) mass is 339 g/mol. The second kappa shape index (κ2) is 7.35. The number of carbonyl (C=O) groups is 1. The lowest BCUT2D eigenvalue weighted by Gasteiger charge is -2.44. The Hall–Kier alpha value is -2.21. The summed E-state index contributed by atoms with van der Waals surface area (Å²) in [6, 6.07) is 6.23. The highest BCUT2D eigenvalue weighted by Gasteiger charge is 2.33. The van der Waals surface area contributed by atoms with Gasteiger partial charge in [-0.1, -0.05) is 6.42 Å². The van der Waals surface area contributed by atoms with Crippen molar-refractivity contribution in [2.45, 2.75) is 38.1 Å². The summed E-state index contributed by atoms with van der Waals surface area (Å²) >= 11 is 0. The van der Waals surface area contributed by atoms with E-state index >= 15 is 0 Å². The van der Waals surface area contributed by atoms with E-state index in [9.17, 15) is 4.79 Å². The third-order valence-electron chi connectivity index (χ3n) is 5.55. The van der Waals surface area contributed by atoms with Crippen molar-refractivity contribution < 1.29 is 4.79 Å². The van der Waals surface area contributed by atoms with Crippen molar-refractivity contribution >= 4 is 5.91 Å². The Kier molecular flexibility index (Phi) is 4.78. The van der Waals surface area contributed by atoms with Crippen LogP contribution in [-0.4, -0.2) is 51.7 Å². The lowest BCUT2D eigenvalue weighted by atomic mass is 9.83. The molecule has 0 spiro atoms. The van der Waals surface area contributed by atoms with Crippen LogP contribution in [0.3, 0.4) is 0 Å². The molecule has 2 aliphatic heterocycles. The van der Waals surface area contributed by atoms with Gasteiger partial charge in [-0.25, -0.2) is 0 Å². The summed E-state index contributed by atoms with van der Waals surface area (Å²) in [5.74, 6) is 0.501. The van der Waals surface area contributed by atoms with Crippen molar-refractivity contribution in [3.05, 3.63) is 36.3 Å². The second-order valence-electron chi connectivity index (χ2n) is 7.11. The molecule has 132 valence electrons. The first-order chi connectivity index (χ1) is 12.3. The zero-order valence-electron chi connectivity index (χ0n) is 14.4. The maximum Gasteiger partial charge on any atom is 0.269 e. The van der Waals surface area contributed by atoms with Crippen molar-refractivity contribution in [1.29, 1.82) is 0 Å². The molecular weight excluding hydrogens is 314 g/mol. The quantitative estimate of drug-likeness (QED) is 0.897. The molecule has 0 bridgehead atoms. The molecule has 2 saturated heterocycles. The molecule has 2 N–H and O–H groups in total. The standard InChI is InChI=1S/C19H25N5O/c25-19(17-12-16(22-23-17)14-6-8-20-9-7-14)21-13-15-4-3-11-24-10-2-1-5-18(15)24/h6-9,12,15,18H,1-5,10-11,13H2,(H,21,25)(H,22,23)/t15-,18-/m0/s1. The number of fused-ring (bicyclic) bond motifs is 1. The van der Waals surface area contributed by atoms with Crippen molar-refractivity contribution in [3.8, 4) is 11.3 Å². The first-order valence-corrected chi connectivity index (χ1v) is 9.29. The molecule has 0 aliphatic carbocycles. The fraction of sp³-hybridized carbons (Fsp3) is 0.526. The summed E-state index contributed by atoms with van der Waals surface area (Å²) in [5.41, 5.74) is 2.24. The number of carbonyl (C=O) groups excluding carboxylic acids is 1. The molecule has 2 atom stereocenters. The topological polar surface area (TPSA) is 73.9 Å². The third kappa shape index (κ3) is 3.58. The number of nitrogens with one attached hydrogen (secondary N) is 2. The van der Waals surface area contributed by atoms with E-state index in [4.69, 9.17) is 0 Å². The zero-order valence-corrected chi connectivity index (χ0v) is 14.4. The first-order valence-electron chi connectivity index (χ1n) is 9.29. The van der Waals surface area contributed by atoms with Gasteiger partial charge >= 0.3 is 0 Å². The number of nitrogens with zero attached hydrogens (tertiary/aromatic N) is 3. The van der Waals surface area contributed by atoms with Gasteiger partial charge in [0.25, 0.3) is 5.91 Å². The average molecular weight is 339 g/mol. The fourth-order valence-corrected chi connectivity index (χ4v) is 4.24. The Morgan fingerprint density at radius 2 is 2.04 bits per heavy atom. The van der Waals surface area contributed by atoms with E-state index in [0.717, 1.165) is 17.8 Å². The Morgan fingerprint density at radius 3 is 2.92 bits per heavy atom. The third-order valence-corrected chi connectivity index (χ3v) is 5.55. The maximum absolute atomic E-state index is 12.5. The molecular formula is C19H25N5O. The summed E-state index contributed by atoms with van der Waals surface area (Å²) in [6.07, 6.45) is 9.82. The number of hydrogen-bond acceptors (Lipinski definition) is 4. The van der Waals surface area contributed by atoms with Gasteiger partial charge in [0.15, 0.2) is 0 Å². The minimum atomic E-state index is -0.0688. The summed E-state index contributed by atoms with van der Waals surface area (Å²) in [4.78, 5) is 19.1. The summed E-state index contributed by atoms with van der Waals surface area (Å²) < 4.78 is 0. The van der Waals surface area contributed by atoms with Crippen LogP contribution in [0.2, 0.25) is 0 Å². The predicted molar refractivity (Wildman–Crippen MR) is 96.1 cm³/mol. The highest BCUT2D eigenvalue weighted by Crippen LogP contribution is 2.30. The van der Waals surface area contributed by atoms with Crippen LogP contribution < -0.4 is 5.32 Å². The highest BCUT2D eigenvalue weighted by molar-refractivity contribution is 5.93. The molecule has 6 nitrogen and oxygen atoms in total. The molecule has 4 rings (SSSR count). The van der Waals surface area contributed by atoms with Crippen molar-refractivity contribution in [2.75, 3.05) is 19.6 Å². The molecule has 0 saturated carbocycles. The average Bonchev–Trinajstić information content (AvgIpc) is 3.17. The van der Waals surface area contributed by atoms with E-state index in [-0.39, 0.29) is 5.91 Å². The smallest absolute Gasteiger partial charge is 0.269 e. The van der Waals surface area contributed by atoms with E-state index in [0.29, 0.717) is 17.7 Å². The van der Waals surface area contributed by atoms with Crippen molar-refractivity contribution in [1.82, 2.24) is 25.4 Å². The van der Waals surface area contributed by atoms with Gasteiger partial charge in [0.2, 0.25) is 0 Å². The number of rotatable bonds is 4. The Labute approximate surface area is 148 Å². The van der Waals surface area contributed by atoms with Gasteiger partial charge in [-0.15, -0.1) is 0 Å². The molecule has 0 radical (unpaired) electrons. The normalized spacial score (nSPS) is 23.8. The maximum atomic E-state index is 12.5. The lowest BCUT2D eigenvalue weighted by molar-refractivity contribution is 0.0575. The molecule has 1 amide bonds. The molecule has 2 aromatic heterocycles. The van der Waals surface area contributed by atoms with Gasteiger partial charge in [0.1, 0.15) is 5.69 Å². The van der Waals surface area contributed by atoms with Crippen LogP contribution in [0.25, 0.3) is 11.3 Å². The van der Waals surface area contributed by atoms with Crippen LogP contribution in [0.1, 0.15) is 42.6 Å². The van der Waals surface area contributed by atoms with Gasteiger partial charge in [-0.2, -0.15) is 5.10 Å². The van der Waals surface area contributed by atoms with E-state index in [1.807, 2.05) is 12.1 Å². The van der Waals surface area contributed by atoms with Crippen LogP contribution in [0, 0.1) is 5.92 Å². The summed E-state index contributed by atoms with van der Waals surface area (Å²) in [6.45, 7) is 3.21. The van der Waals surface area contributed by atoms with Gasteiger partial charge < -0.3 is 10.2 Å². The fourth-order valence-electron chi connectivity index (χ4n) is 4.24. The number of aromatic nitrogens is 3. The van der Waals surface area contributed by atoms with Crippen LogP contribution in [0.5, 0.6) is 0 Å². The minimum Gasteiger partial charge on any atom is -0.350 e. The van der Waals surface area contributed by atoms with Crippen LogP contribution in [0.15, 0.2) is 30.6 Å². The molecule has 6 heteroatoms. The van der Waals surface area contributed by atoms with Gasteiger partial charge in [0.05, 0.1) is 5.69 Å². The Balaban J connectivity index is 1.37. The second-order valence-corrected chi connectivity index (χ2v) is 7.11. The zero-order chi connectivity index (χ0) is 17.1. The minimum absolute atomic E-state index is 0.0688. The van der Waals surface area contributed by atoms with E-state index < -0.39 is 0 Å². The molecule has 0 unspecified atom stereocenters. The molecule has 2 aliphatic rings. The number of amides is 1. The predicted octanol–water partition coefficient (Wildman–Crippen LogP) is 2.47. The number of H-pyrrole nitrogens is 1. The number of aromatic amines is 1. The van der Waals surface area contributed by atoms with Gasteiger partial charge in [-0.3, -0.25) is 14.9 Å². The molecule has 4 heterocycles. The summed E-state index contributed by atoms with van der Waals surface area (Å²) in [5, 5.41) is 10.2. The van der Waals surface area contributed by atoms with Crippen molar-refractivity contribution in [3.63, 3.8) is 0 Å². The molecule has 2 fully saturated rings. The van der Waals surface area contributed by atoms with Gasteiger partial charge in [-0.05, 0) is 62.9 Å². The number of piperidine rings is 2. The molecule has 0 aromatic carbocycles. The van der Waals surface area contributed by atoms with E-state index in [1.54, 1.807) is 18.5 Å². The molecule has 2 aromatic rings. The summed E-state index contributed by atoms with van der Waals surface area (Å²) in [7, 11) is 0. The van der Waals surface area contributed by atoms with E-state index in [1.165, 1.54) is 45.2 Å². The molecule has 25 heavy (non-hydrogen) atoms. The van der Waals surface area contributed by atoms with Crippen LogP contribution in [0.4, 0.5) is 0 Å². The SMILES string of the molecule is O=C(NC[C@@H]1CCCN2CCCC[C@@H]12)c1cc(-c2ccncc2)n[nH]1. The van der Waals surface area contributed by atoms with E-state index in [2.05, 4.69) is 25.4 Å². The van der Waals surface area contributed by atoms with Crippen LogP contribution in [-0.2, 0) is 0 Å². The van der Waals surface area contributed by atoms with Crippen molar-refractivity contribution in [2.24, 2.45) is 5.92 Å². The van der Waals surface area contributed by atoms with Gasteiger partial charge in [0, 0.05) is 30.5 Å². The lowest BCUT2D eigenvalue weighted by Crippen LogP contribution is -2.51. The largest absolute Gasteiger partial charge is 0.350 e. The first kappa shape index (κ1) is 16.3. The number of hydrogen-bond donors (Lipinski definition) is 2. The van der Waals surface area contributed by atoms with Crippen LogP contribution >= 0.6 is 0 Å². The Bertz CT molecular complexity index is 712. The Morgan fingerprint density at radius 1 is 1.20 bits per heavy atom. The number of pyridine rings is 1.